The first-order valence-corrected chi connectivity index (χ1v) is 11.0. The molecule has 7 nitrogen and oxygen atoms in total. The third-order valence-electron chi connectivity index (χ3n) is 6.75. The average molecular weight is 453 g/mol. The topological polar surface area (TPSA) is 92.8 Å². The largest absolute Gasteiger partial charge is 0.452 e. The summed E-state index contributed by atoms with van der Waals surface area (Å²) in [4.78, 5) is 51.8. The molecule has 3 aliphatic rings. The predicted molar refractivity (Wildman–Crippen MR) is 117 cm³/mol. The standard InChI is InChI=1S/C24H21ClN2O5/c25-17-6-1-2-7-18(17)26-19(28)12-32-24(31)15-4-3-5-16(11-15)27-22(29)20-13-8-9-14(10-13)21(20)23(27)30/h1-7,11,13-14,20-21H,8-10,12H2,(H,26,28)/t13-,14-,20+,21+/m0/s1. The smallest absolute Gasteiger partial charge is 0.338 e. The molecule has 2 saturated carbocycles. The number of nitrogens with zero attached hydrogens (tertiary/aromatic N) is 1. The number of rotatable bonds is 5. The van der Waals surface area contributed by atoms with Gasteiger partial charge in [-0.15, -0.1) is 0 Å². The lowest BCUT2D eigenvalue weighted by Crippen LogP contribution is -2.32. The van der Waals surface area contributed by atoms with Crippen molar-refractivity contribution in [3.05, 3.63) is 59.1 Å². The van der Waals surface area contributed by atoms with Crippen molar-refractivity contribution in [2.45, 2.75) is 19.3 Å². The molecule has 0 unspecified atom stereocenters. The van der Waals surface area contributed by atoms with Crippen molar-refractivity contribution < 1.29 is 23.9 Å². The minimum atomic E-state index is -0.722. The summed E-state index contributed by atoms with van der Waals surface area (Å²) in [7, 11) is 0. The van der Waals surface area contributed by atoms with Gasteiger partial charge in [-0.3, -0.25) is 19.3 Å². The Morgan fingerprint density at radius 1 is 1.00 bits per heavy atom. The number of nitrogens with one attached hydrogen (secondary N) is 1. The van der Waals surface area contributed by atoms with Gasteiger partial charge >= 0.3 is 5.97 Å². The van der Waals surface area contributed by atoms with Gasteiger partial charge in [0, 0.05) is 0 Å². The predicted octanol–water partition coefficient (Wildman–Crippen LogP) is 3.67. The Morgan fingerprint density at radius 2 is 1.69 bits per heavy atom. The highest BCUT2D eigenvalue weighted by Crippen LogP contribution is 2.56. The number of carbonyl (C=O) groups excluding carboxylic acids is 4. The zero-order valence-corrected chi connectivity index (χ0v) is 17.9. The minimum Gasteiger partial charge on any atom is -0.452 e. The average Bonchev–Trinajstić information content (AvgIpc) is 3.47. The second-order valence-corrected chi connectivity index (χ2v) is 8.96. The number of hydrogen-bond donors (Lipinski definition) is 1. The van der Waals surface area contributed by atoms with Gasteiger partial charge in [-0.25, -0.2) is 4.79 Å². The summed E-state index contributed by atoms with van der Waals surface area (Å²) in [6, 6.07) is 12.9. The lowest BCUT2D eigenvalue weighted by Gasteiger charge is -2.19. The number of benzene rings is 2. The number of para-hydroxylation sites is 1. The van der Waals surface area contributed by atoms with Gasteiger partial charge < -0.3 is 10.1 Å². The van der Waals surface area contributed by atoms with Crippen molar-refractivity contribution in [1.82, 2.24) is 0 Å². The molecule has 5 rings (SSSR count). The molecule has 1 saturated heterocycles. The van der Waals surface area contributed by atoms with E-state index in [0.717, 1.165) is 19.3 Å². The van der Waals surface area contributed by atoms with Gasteiger partial charge in [0.05, 0.1) is 33.8 Å². The van der Waals surface area contributed by atoms with Crippen LogP contribution >= 0.6 is 11.6 Å². The molecule has 32 heavy (non-hydrogen) atoms. The SMILES string of the molecule is O=C(COC(=O)c1cccc(N2C(=O)[C@@H]3[C@H]4CC[C@@H](C4)[C@H]3C2=O)c1)Nc1ccccc1Cl. The first-order valence-electron chi connectivity index (χ1n) is 10.6. The van der Waals surface area contributed by atoms with Crippen molar-refractivity contribution in [3.63, 3.8) is 0 Å². The van der Waals surface area contributed by atoms with Crippen LogP contribution in [0.4, 0.5) is 11.4 Å². The third kappa shape index (κ3) is 3.46. The highest BCUT2D eigenvalue weighted by molar-refractivity contribution is 6.33. The summed E-state index contributed by atoms with van der Waals surface area (Å²) in [5.41, 5.74) is 0.945. The molecule has 4 atom stereocenters. The molecule has 0 aromatic heterocycles. The molecule has 0 radical (unpaired) electrons. The third-order valence-corrected chi connectivity index (χ3v) is 7.08. The normalized spacial score (nSPS) is 25.7. The Kier molecular flexibility index (Phi) is 5.21. The van der Waals surface area contributed by atoms with Crippen molar-refractivity contribution in [2.75, 3.05) is 16.8 Å². The molecule has 1 N–H and O–H groups in total. The van der Waals surface area contributed by atoms with E-state index in [4.69, 9.17) is 16.3 Å². The zero-order chi connectivity index (χ0) is 22.4. The van der Waals surface area contributed by atoms with Crippen LogP contribution in [0.25, 0.3) is 0 Å². The van der Waals surface area contributed by atoms with Crippen LogP contribution in [-0.2, 0) is 19.1 Å². The fraction of sp³-hybridized carbons (Fsp3) is 0.333. The second kappa shape index (κ2) is 8.06. The van der Waals surface area contributed by atoms with E-state index in [-0.39, 0.29) is 41.0 Å². The molecule has 0 spiro atoms. The number of fused-ring (bicyclic) bond motifs is 5. The van der Waals surface area contributed by atoms with E-state index in [0.29, 0.717) is 16.4 Å². The van der Waals surface area contributed by atoms with Crippen LogP contribution in [0.5, 0.6) is 0 Å². The number of halogens is 1. The number of anilines is 2. The van der Waals surface area contributed by atoms with Crippen LogP contribution < -0.4 is 10.2 Å². The van der Waals surface area contributed by atoms with E-state index in [1.807, 2.05) is 0 Å². The van der Waals surface area contributed by atoms with E-state index in [1.54, 1.807) is 36.4 Å². The van der Waals surface area contributed by atoms with Gasteiger partial charge in [0.15, 0.2) is 6.61 Å². The molecule has 8 heteroatoms. The fourth-order valence-corrected chi connectivity index (χ4v) is 5.58. The second-order valence-electron chi connectivity index (χ2n) is 8.55. The Bertz CT molecular complexity index is 1100. The van der Waals surface area contributed by atoms with Gasteiger partial charge in [0.1, 0.15) is 0 Å². The van der Waals surface area contributed by atoms with Crippen LogP contribution in [0.2, 0.25) is 5.02 Å². The zero-order valence-electron chi connectivity index (χ0n) is 17.1. The summed E-state index contributed by atoms with van der Waals surface area (Å²) < 4.78 is 5.11. The maximum absolute atomic E-state index is 13.0. The molecule has 1 aliphatic heterocycles. The summed E-state index contributed by atoms with van der Waals surface area (Å²) >= 11 is 6.00. The van der Waals surface area contributed by atoms with Gasteiger partial charge in [-0.2, -0.15) is 0 Å². The van der Waals surface area contributed by atoms with E-state index in [9.17, 15) is 19.2 Å². The fourth-order valence-electron chi connectivity index (χ4n) is 5.40. The molecule has 2 aliphatic carbocycles. The van der Waals surface area contributed by atoms with Gasteiger partial charge in [0.2, 0.25) is 11.8 Å². The molecule has 3 amide bonds. The summed E-state index contributed by atoms with van der Waals surface area (Å²) in [6.07, 6.45) is 2.96. The molecule has 2 aromatic rings. The minimum absolute atomic E-state index is 0.161. The van der Waals surface area contributed by atoms with E-state index >= 15 is 0 Å². The Morgan fingerprint density at radius 3 is 2.38 bits per heavy atom. The molecular weight excluding hydrogens is 432 g/mol. The maximum Gasteiger partial charge on any atom is 0.338 e. The number of amides is 3. The molecule has 3 fully saturated rings. The number of esters is 1. The van der Waals surface area contributed by atoms with Gasteiger partial charge in [-0.1, -0.05) is 29.8 Å². The van der Waals surface area contributed by atoms with E-state index < -0.39 is 18.5 Å². The highest BCUT2D eigenvalue weighted by atomic mass is 35.5. The van der Waals surface area contributed by atoms with Crippen molar-refractivity contribution in [1.29, 1.82) is 0 Å². The molecule has 2 aromatic carbocycles. The number of hydrogen-bond acceptors (Lipinski definition) is 5. The monoisotopic (exact) mass is 452 g/mol. The molecule has 2 bridgehead atoms. The molecule has 164 valence electrons. The summed E-state index contributed by atoms with van der Waals surface area (Å²) in [5, 5.41) is 2.95. The first kappa shape index (κ1) is 20.7. The van der Waals surface area contributed by atoms with Crippen LogP contribution in [0.15, 0.2) is 48.5 Å². The number of carbonyl (C=O) groups is 4. The summed E-state index contributed by atoms with van der Waals surface area (Å²) in [5.74, 6) is -1.48. The van der Waals surface area contributed by atoms with Crippen LogP contribution in [0.1, 0.15) is 29.6 Å². The quantitative estimate of drug-likeness (QED) is 0.552. The highest BCUT2D eigenvalue weighted by Gasteiger charge is 2.61. The van der Waals surface area contributed by atoms with Crippen LogP contribution in [-0.4, -0.2) is 30.3 Å². The first-order chi connectivity index (χ1) is 15.4. The molecule has 1 heterocycles. The van der Waals surface area contributed by atoms with Gasteiger partial charge in [-0.05, 0) is 61.4 Å². The number of imide groups is 1. The van der Waals surface area contributed by atoms with Crippen molar-refractivity contribution in [3.8, 4) is 0 Å². The Labute approximate surface area is 189 Å². The van der Waals surface area contributed by atoms with Crippen LogP contribution in [0.3, 0.4) is 0 Å². The maximum atomic E-state index is 13.0. The Balaban J connectivity index is 1.26. The van der Waals surface area contributed by atoms with E-state index in [1.165, 1.54) is 17.0 Å². The lowest BCUT2D eigenvalue weighted by molar-refractivity contribution is -0.123. The number of ether oxygens (including phenoxy) is 1. The van der Waals surface area contributed by atoms with Crippen molar-refractivity contribution in [2.24, 2.45) is 23.7 Å². The summed E-state index contributed by atoms with van der Waals surface area (Å²) in [6.45, 7) is -0.497. The lowest BCUT2D eigenvalue weighted by atomic mass is 9.81. The van der Waals surface area contributed by atoms with Crippen LogP contribution in [0, 0.1) is 23.7 Å². The Hall–Kier alpha value is -3.19. The van der Waals surface area contributed by atoms with Crippen molar-refractivity contribution >= 4 is 46.7 Å². The van der Waals surface area contributed by atoms with Gasteiger partial charge in [0.25, 0.3) is 5.91 Å². The van der Waals surface area contributed by atoms with E-state index in [2.05, 4.69) is 5.32 Å². The molecular formula is C24H21ClN2O5.